The fraction of sp³-hybridized carbons (Fsp3) is 0.222. The molecule has 1 aromatic carbocycles. The Morgan fingerprint density at radius 2 is 1.96 bits per heavy atom. The summed E-state index contributed by atoms with van der Waals surface area (Å²) in [6.07, 6.45) is 4.42. The molecule has 7 heteroatoms. The Bertz CT molecular complexity index is 822. The van der Waals surface area contributed by atoms with Gasteiger partial charge < -0.3 is 9.67 Å². The van der Waals surface area contributed by atoms with Crippen LogP contribution < -0.4 is 0 Å². The predicted octanol–water partition coefficient (Wildman–Crippen LogP) is 3.15. The maximum Gasteiger partial charge on any atom is 0.304 e. The minimum absolute atomic E-state index is 0.0957. The molecule has 6 nitrogen and oxygen atoms in total. The number of pyridine rings is 1. The van der Waals surface area contributed by atoms with Crippen LogP contribution in [0.2, 0.25) is 0 Å². The van der Waals surface area contributed by atoms with Gasteiger partial charge in [0.15, 0.2) is 11.0 Å². The van der Waals surface area contributed by atoms with Crippen molar-refractivity contribution in [2.24, 2.45) is 0 Å². The summed E-state index contributed by atoms with van der Waals surface area (Å²) in [7, 11) is 0. The maximum atomic E-state index is 10.7. The highest BCUT2D eigenvalue weighted by molar-refractivity contribution is 7.99. The van der Waals surface area contributed by atoms with Gasteiger partial charge in [0.05, 0.1) is 6.42 Å². The van der Waals surface area contributed by atoms with E-state index in [-0.39, 0.29) is 6.42 Å². The zero-order valence-electron chi connectivity index (χ0n) is 13.6. The first-order valence-corrected chi connectivity index (χ1v) is 8.94. The number of benzene rings is 1. The Morgan fingerprint density at radius 1 is 1.12 bits per heavy atom. The predicted molar refractivity (Wildman–Crippen MR) is 96.4 cm³/mol. The first kappa shape index (κ1) is 17.2. The van der Waals surface area contributed by atoms with E-state index < -0.39 is 5.97 Å². The van der Waals surface area contributed by atoms with Crippen LogP contribution in [0.1, 0.15) is 12.0 Å². The molecule has 0 aliphatic rings. The van der Waals surface area contributed by atoms with Crippen molar-refractivity contribution in [3.05, 3.63) is 60.4 Å². The molecule has 3 rings (SSSR count). The van der Waals surface area contributed by atoms with Crippen LogP contribution in [-0.4, -0.2) is 36.6 Å². The Hall–Kier alpha value is -2.67. The van der Waals surface area contributed by atoms with Crippen molar-refractivity contribution in [2.45, 2.75) is 24.5 Å². The summed E-state index contributed by atoms with van der Waals surface area (Å²) in [5, 5.41) is 18.1. The standard InChI is InChI=1S/C18H18N4O2S/c23-16(24)9-12-25-18-21-20-17(15-7-4-10-19-13-15)22(18)11-8-14-5-2-1-3-6-14/h1-7,10,13H,8-9,11-12H2,(H,23,24). The van der Waals surface area contributed by atoms with E-state index in [1.807, 2.05) is 34.9 Å². The van der Waals surface area contributed by atoms with Crippen LogP contribution in [-0.2, 0) is 17.8 Å². The van der Waals surface area contributed by atoms with Gasteiger partial charge in [-0.15, -0.1) is 10.2 Å². The van der Waals surface area contributed by atoms with Gasteiger partial charge in [0.1, 0.15) is 0 Å². The van der Waals surface area contributed by atoms with E-state index in [1.54, 1.807) is 12.4 Å². The monoisotopic (exact) mass is 354 g/mol. The van der Waals surface area contributed by atoms with Gasteiger partial charge in [-0.05, 0) is 24.1 Å². The molecular formula is C18H18N4O2S. The third-order valence-corrected chi connectivity index (χ3v) is 4.62. The smallest absolute Gasteiger partial charge is 0.304 e. The third-order valence-electron chi connectivity index (χ3n) is 3.65. The van der Waals surface area contributed by atoms with E-state index >= 15 is 0 Å². The Kier molecular flexibility index (Phi) is 5.79. The van der Waals surface area contributed by atoms with E-state index in [0.29, 0.717) is 5.75 Å². The lowest BCUT2D eigenvalue weighted by Gasteiger charge is -2.10. The maximum absolute atomic E-state index is 10.7. The van der Waals surface area contributed by atoms with E-state index in [2.05, 4.69) is 27.3 Å². The van der Waals surface area contributed by atoms with Crippen molar-refractivity contribution in [1.82, 2.24) is 19.7 Å². The van der Waals surface area contributed by atoms with Crippen molar-refractivity contribution in [1.29, 1.82) is 0 Å². The first-order chi connectivity index (χ1) is 12.2. The second-order valence-electron chi connectivity index (χ2n) is 5.43. The Labute approximate surface area is 149 Å². The molecule has 0 amide bonds. The molecule has 0 fully saturated rings. The Balaban J connectivity index is 1.82. The van der Waals surface area contributed by atoms with Crippen molar-refractivity contribution < 1.29 is 9.90 Å². The molecule has 0 unspecified atom stereocenters. The van der Waals surface area contributed by atoms with E-state index in [0.717, 1.165) is 29.5 Å². The van der Waals surface area contributed by atoms with Gasteiger partial charge >= 0.3 is 5.97 Å². The minimum Gasteiger partial charge on any atom is -0.481 e. The van der Waals surface area contributed by atoms with Gasteiger partial charge in [-0.25, -0.2) is 0 Å². The highest BCUT2D eigenvalue weighted by atomic mass is 32.2. The van der Waals surface area contributed by atoms with Crippen LogP contribution >= 0.6 is 11.8 Å². The molecule has 0 aliphatic heterocycles. The van der Waals surface area contributed by atoms with Gasteiger partial charge in [-0.2, -0.15) is 0 Å². The lowest BCUT2D eigenvalue weighted by atomic mass is 10.1. The van der Waals surface area contributed by atoms with Crippen LogP contribution in [0.15, 0.2) is 60.0 Å². The summed E-state index contributed by atoms with van der Waals surface area (Å²) in [5.74, 6) is 0.406. The first-order valence-electron chi connectivity index (χ1n) is 7.96. The fourth-order valence-electron chi connectivity index (χ4n) is 2.42. The molecule has 25 heavy (non-hydrogen) atoms. The number of thioether (sulfide) groups is 1. The average molecular weight is 354 g/mol. The SMILES string of the molecule is O=C(O)CCSc1nnc(-c2cccnc2)n1CCc1ccccc1. The normalized spacial score (nSPS) is 10.7. The minimum atomic E-state index is -0.810. The number of carboxylic acid groups (broad SMARTS) is 1. The van der Waals surface area contributed by atoms with E-state index in [9.17, 15) is 4.79 Å². The lowest BCUT2D eigenvalue weighted by molar-refractivity contribution is -0.136. The zero-order valence-corrected chi connectivity index (χ0v) is 14.4. The molecule has 0 spiro atoms. The molecular weight excluding hydrogens is 336 g/mol. The van der Waals surface area contributed by atoms with Crippen molar-refractivity contribution in [2.75, 3.05) is 5.75 Å². The molecule has 0 saturated heterocycles. The van der Waals surface area contributed by atoms with Crippen LogP contribution in [0, 0.1) is 0 Å². The summed E-state index contributed by atoms with van der Waals surface area (Å²) in [4.78, 5) is 14.9. The van der Waals surface area contributed by atoms with Gasteiger partial charge in [-0.1, -0.05) is 42.1 Å². The molecule has 0 aliphatic carbocycles. The summed E-state index contributed by atoms with van der Waals surface area (Å²) in [6.45, 7) is 0.719. The number of aryl methyl sites for hydroxylation is 1. The van der Waals surface area contributed by atoms with Crippen LogP contribution in [0.3, 0.4) is 0 Å². The second kappa shape index (κ2) is 8.43. The molecule has 0 bridgehead atoms. The topological polar surface area (TPSA) is 80.9 Å². The van der Waals surface area contributed by atoms with Crippen LogP contribution in [0.5, 0.6) is 0 Å². The lowest BCUT2D eigenvalue weighted by Crippen LogP contribution is -2.06. The summed E-state index contributed by atoms with van der Waals surface area (Å²) in [6, 6.07) is 14.0. The number of hydrogen-bond donors (Lipinski definition) is 1. The molecule has 128 valence electrons. The van der Waals surface area contributed by atoms with E-state index in [1.165, 1.54) is 17.3 Å². The molecule has 2 heterocycles. The van der Waals surface area contributed by atoms with Gasteiger partial charge in [0.2, 0.25) is 0 Å². The quantitative estimate of drug-likeness (QED) is 0.626. The molecule has 0 radical (unpaired) electrons. The number of aromatic nitrogens is 4. The number of hydrogen-bond acceptors (Lipinski definition) is 5. The number of rotatable bonds is 8. The molecule has 1 N–H and O–H groups in total. The van der Waals surface area contributed by atoms with E-state index in [4.69, 9.17) is 5.11 Å². The second-order valence-corrected chi connectivity index (χ2v) is 6.49. The molecule has 0 atom stereocenters. The van der Waals surface area contributed by atoms with Gasteiger partial charge in [-0.3, -0.25) is 9.78 Å². The number of aliphatic carboxylic acids is 1. The third kappa shape index (κ3) is 4.67. The zero-order chi connectivity index (χ0) is 17.5. The fourth-order valence-corrected chi connectivity index (χ4v) is 3.31. The molecule has 3 aromatic rings. The number of nitrogens with zero attached hydrogens (tertiary/aromatic N) is 4. The van der Waals surface area contributed by atoms with Crippen molar-refractivity contribution >= 4 is 17.7 Å². The number of carboxylic acids is 1. The van der Waals surface area contributed by atoms with Crippen LogP contribution in [0.4, 0.5) is 0 Å². The molecule has 2 aromatic heterocycles. The number of carbonyl (C=O) groups is 1. The van der Waals surface area contributed by atoms with Crippen LogP contribution in [0.25, 0.3) is 11.4 Å². The largest absolute Gasteiger partial charge is 0.481 e. The summed E-state index contributed by atoms with van der Waals surface area (Å²) >= 11 is 1.41. The summed E-state index contributed by atoms with van der Waals surface area (Å²) in [5.41, 5.74) is 2.13. The average Bonchev–Trinajstić information content (AvgIpc) is 3.04. The highest BCUT2D eigenvalue weighted by Gasteiger charge is 2.15. The van der Waals surface area contributed by atoms with Crippen molar-refractivity contribution in [3.8, 4) is 11.4 Å². The highest BCUT2D eigenvalue weighted by Crippen LogP contribution is 2.24. The summed E-state index contributed by atoms with van der Waals surface area (Å²) < 4.78 is 2.04. The van der Waals surface area contributed by atoms with Gasteiger partial charge in [0, 0.05) is 30.3 Å². The Morgan fingerprint density at radius 3 is 2.68 bits per heavy atom. The molecule has 0 saturated carbocycles. The van der Waals surface area contributed by atoms with Gasteiger partial charge in [0.25, 0.3) is 0 Å². The van der Waals surface area contributed by atoms with Crippen molar-refractivity contribution in [3.63, 3.8) is 0 Å².